The Bertz CT molecular complexity index is 1370. The first-order valence-electron chi connectivity index (χ1n) is 10.6. The molecule has 0 radical (unpaired) electrons. The number of ether oxygens (including phenoxy) is 4. The zero-order valence-electron chi connectivity index (χ0n) is 18.8. The SMILES string of the molecule is COc1cnc(C[S+]([O-])c2nc3cc4c(cc3[nH]2)OCC(F)(F)O4)c(C)c1OCc1ccccc1. The largest absolute Gasteiger partial charge is 0.609 e. The van der Waals surface area contributed by atoms with E-state index in [1.165, 1.54) is 25.4 Å². The Labute approximate surface area is 202 Å². The zero-order chi connectivity index (χ0) is 24.6. The first-order chi connectivity index (χ1) is 16.8. The molecule has 35 heavy (non-hydrogen) atoms. The minimum atomic E-state index is -3.42. The number of alkyl halides is 2. The van der Waals surface area contributed by atoms with E-state index in [2.05, 4.69) is 19.7 Å². The van der Waals surface area contributed by atoms with Crippen LogP contribution in [-0.4, -0.2) is 39.3 Å². The van der Waals surface area contributed by atoms with Crippen molar-refractivity contribution in [2.24, 2.45) is 0 Å². The number of aromatic nitrogens is 3. The quantitative estimate of drug-likeness (QED) is 0.372. The molecule has 3 heterocycles. The number of fused-ring (bicyclic) bond motifs is 2. The van der Waals surface area contributed by atoms with Crippen molar-refractivity contribution in [3.8, 4) is 23.0 Å². The first-order valence-corrected chi connectivity index (χ1v) is 12.0. The molecule has 11 heteroatoms. The van der Waals surface area contributed by atoms with E-state index in [0.29, 0.717) is 40.4 Å². The van der Waals surface area contributed by atoms with Crippen LogP contribution in [0.5, 0.6) is 23.0 Å². The number of nitrogens with one attached hydrogen (secondary N) is 1. The van der Waals surface area contributed by atoms with Crippen LogP contribution in [0, 0.1) is 6.92 Å². The van der Waals surface area contributed by atoms with Gasteiger partial charge >= 0.3 is 11.3 Å². The summed E-state index contributed by atoms with van der Waals surface area (Å²) >= 11 is -1.61. The molecule has 0 saturated heterocycles. The average molecular weight is 502 g/mol. The van der Waals surface area contributed by atoms with E-state index in [1.54, 1.807) is 0 Å². The minimum absolute atomic E-state index is 0.0577. The molecule has 0 bridgehead atoms. The van der Waals surface area contributed by atoms with E-state index < -0.39 is 23.9 Å². The Morgan fingerprint density at radius 3 is 2.77 bits per heavy atom. The maximum absolute atomic E-state index is 13.5. The molecule has 5 rings (SSSR count). The molecule has 2 aromatic heterocycles. The van der Waals surface area contributed by atoms with E-state index in [4.69, 9.17) is 14.2 Å². The summed E-state index contributed by atoms with van der Waals surface area (Å²) in [5, 5.41) is 0.179. The van der Waals surface area contributed by atoms with E-state index in [9.17, 15) is 13.3 Å². The zero-order valence-corrected chi connectivity index (χ0v) is 19.7. The normalized spacial score (nSPS) is 15.1. The Hall–Kier alpha value is -3.57. The molecule has 0 saturated carbocycles. The second kappa shape index (κ2) is 9.23. The lowest BCUT2D eigenvalue weighted by Gasteiger charge is -2.25. The molecule has 1 N–H and O–H groups in total. The van der Waals surface area contributed by atoms with Gasteiger partial charge in [-0.15, -0.1) is 0 Å². The van der Waals surface area contributed by atoms with Crippen molar-refractivity contribution in [2.45, 2.75) is 30.5 Å². The minimum Gasteiger partial charge on any atom is -0.609 e. The lowest BCUT2D eigenvalue weighted by Crippen LogP contribution is -2.35. The van der Waals surface area contributed by atoms with Gasteiger partial charge in [0.2, 0.25) is 0 Å². The van der Waals surface area contributed by atoms with Crippen LogP contribution in [0.1, 0.15) is 16.8 Å². The summed E-state index contributed by atoms with van der Waals surface area (Å²) in [5.41, 5.74) is 3.07. The summed E-state index contributed by atoms with van der Waals surface area (Å²) in [6, 6.07) is 12.5. The molecule has 0 spiro atoms. The van der Waals surface area contributed by atoms with Gasteiger partial charge in [-0.25, -0.2) is 0 Å². The van der Waals surface area contributed by atoms with Gasteiger partial charge in [0.15, 0.2) is 35.4 Å². The number of benzene rings is 2. The fourth-order valence-electron chi connectivity index (χ4n) is 3.65. The van der Waals surface area contributed by atoms with Crippen molar-refractivity contribution in [1.82, 2.24) is 15.0 Å². The molecule has 4 aromatic rings. The van der Waals surface area contributed by atoms with Crippen molar-refractivity contribution in [3.05, 3.63) is 65.5 Å². The van der Waals surface area contributed by atoms with Crippen molar-refractivity contribution < 1.29 is 32.3 Å². The highest BCUT2D eigenvalue weighted by molar-refractivity contribution is 7.90. The summed E-state index contributed by atoms with van der Waals surface area (Å²) in [5.74, 6) is 1.09. The fraction of sp³-hybridized carbons (Fsp3) is 0.250. The molecular weight excluding hydrogens is 480 g/mol. The number of methoxy groups -OCH3 is 1. The smallest absolute Gasteiger partial charge is 0.433 e. The predicted octanol–water partition coefficient (Wildman–Crippen LogP) is 4.53. The van der Waals surface area contributed by atoms with Gasteiger partial charge in [0.25, 0.3) is 0 Å². The number of aromatic amines is 1. The summed E-state index contributed by atoms with van der Waals surface area (Å²) < 4.78 is 61.3. The summed E-state index contributed by atoms with van der Waals surface area (Å²) in [7, 11) is 1.53. The molecule has 1 aliphatic heterocycles. The molecule has 2 aromatic carbocycles. The van der Waals surface area contributed by atoms with Gasteiger partial charge in [-0.1, -0.05) is 30.3 Å². The van der Waals surface area contributed by atoms with E-state index >= 15 is 0 Å². The fourth-order valence-corrected chi connectivity index (χ4v) is 4.75. The molecule has 0 amide bonds. The average Bonchev–Trinajstić information content (AvgIpc) is 3.26. The Kier molecular flexibility index (Phi) is 6.12. The van der Waals surface area contributed by atoms with Crippen molar-refractivity contribution in [2.75, 3.05) is 13.7 Å². The molecule has 0 aliphatic carbocycles. The highest BCUT2D eigenvalue weighted by Gasteiger charge is 2.38. The first kappa shape index (κ1) is 23.2. The molecule has 1 unspecified atom stereocenters. The molecule has 0 fully saturated rings. The third-order valence-electron chi connectivity index (χ3n) is 5.44. The summed E-state index contributed by atoms with van der Waals surface area (Å²) in [4.78, 5) is 11.7. The van der Waals surface area contributed by atoms with Gasteiger partial charge < -0.3 is 23.5 Å². The Balaban J connectivity index is 1.37. The van der Waals surface area contributed by atoms with Gasteiger partial charge in [0, 0.05) is 28.9 Å². The van der Waals surface area contributed by atoms with Gasteiger partial charge in [0.05, 0.1) is 30.0 Å². The van der Waals surface area contributed by atoms with E-state index in [1.807, 2.05) is 37.3 Å². The highest BCUT2D eigenvalue weighted by Crippen LogP contribution is 2.39. The van der Waals surface area contributed by atoms with Crippen LogP contribution in [0.4, 0.5) is 8.78 Å². The van der Waals surface area contributed by atoms with Crippen LogP contribution in [0.25, 0.3) is 11.0 Å². The van der Waals surface area contributed by atoms with Crippen LogP contribution < -0.4 is 18.9 Å². The number of imidazole rings is 1. The Morgan fingerprint density at radius 1 is 1.20 bits per heavy atom. The van der Waals surface area contributed by atoms with Gasteiger partial charge in [-0.05, 0) is 12.5 Å². The lowest BCUT2D eigenvalue weighted by molar-refractivity contribution is -0.208. The molecule has 1 aliphatic rings. The summed E-state index contributed by atoms with van der Waals surface area (Å²) in [6.07, 6.45) is -1.89. The number of rotatable bonds is 7. The van der Waals surface area contributed by atoms with Crippen molar-refractivity contribution in [1.29, 1.82) is 0 Å². The third-order valence-corrected chi connectivity index (χ3v) is 6.61. The number of hydrogen-bond donors (Lipinski definition) is 1. The van der Waals surface area contributed by atoms with Crippen LogP contribution in [0.15, 0.2) is 53.8 Å². The maximum Gasteiger partial charge on any atom is 0.433 e. The Morgan fingerprint density at radius 2 is 2.00 bits per heavy atom. The molecule has 182 valence electrons. The molecular formula is C24H21F2N3O5S. The molecule has 1 atom stereocenters. The van der Waals surface area contributed by atoms with Crippen LogP contribution in [0.3, 0.4) is 0 Å². The van der Waals surface area contributed by atoms with E-state index in [-0.39, 0.29) is 22.4 Å². The highest BCUT2D eigenvalue weighted by atomic mass is 32.2. The second-order valence-corrected chi connectivity index (χ2v) is 9.24. The number of H-pyrrole nitrogens is 1. The molecule has 8 nitrogen and oxygen atoms in total. The number of hydrogen-bond acceptors (Lipinski definition) is 7. The monoisotopic (exact) mass is 501 g/mol. The second-order valence-electron chi connectivity index (χ2n) is 7.88. The lowest BCUT2D eigenvalue weighted by atomic mass is 10.2. The topological polar surface area (TPSA) is 102 Å². The van der Waals surface area contributed by atoms with Crippen molar-refractivity contribution in [3.63, 3.8) is 0 Å². The number of halogens is 2. The van der Waals surface area contributed by atoms with Crippen molar-refractivity contribution >= 4 is 22.2 Å². The van der Waals surface area contributed by atoms with Gasteiger partial charge in [0.1, 0.15) is 6.61 Å². The third kappa shape index (κ3) is 4.82. The standard InChI is InChI=1S/C24H21F2N3O5S/c1-14-18(27-10-21(31-2)22(14)32-11-15-6-4-3-5-7-15)12-35(30)23-28-16-8-19-20(9-17(16)29-23)34-24(25,26)13-33-19/h3-10H,11-13H2,1-2H3,(H,28,29). The van der Waals surface area contributed by atoms with E-state index in [0.717, 1.165) is 5.56 Å². The number of nitrogens with zero attached hydrogens (tertiary/aromatic N) is 2. The van der Waals surface area contributed by atoms with Gasteiger partial charge in [-0.3, -0.25) is 9.97 Å². The van der Waals surface area contributed by atoms with Crippen LogP contribution in [-0.2, 0) is 23.5 Å². The van der Waals surface area contributed by atoms with Gasteiger partial charge in [-0.2, -0.15) is 13.8 Å². The van der Waals surface area contributed by atoms with Crippen LogP contribution >= 0.6 is 0 Å². The number of pyridine rings is 1. The van der Waals surface area contributed by atoms with Crippen LogP contribution in [0.2, 0.25) is 0 Å². The summed E-state index contributed by atoms with van der Waals surface area (Å²) in [6.45, 7) is 1.28. The predicted molar refractivity (Wildman–Crippen MR) is 124 cm³/mol. The maximum atomic E-state index is 13.5.